The lowest BCUT2D eigenvalue weighted by atomic mass is 9.96. The van der Waals surface area contributed by atoms with E-state index in [1.807, 2.05) is 102 Å². The van der Waals surface area contributed by atoms with Crippen molar-refractivity contribution in [2.45, 2.75) is 6.85 Å². The van der Waals surface area contributed by atoms with Gasteiger partial charge in [-0.1, -0.05) is 72.8 Å². The van der Waals surface area contributed by atoms with Crippen molar-refractivity contribution in [1.82, 2.24) is 14.5 Å². The molecule has 0 spiro atoms. The van der Waals surface area contributed by atoms with E-state index < -0.39 is 6.85 Å². The zero-order valence-corrected chi connectivity index (χ0v) is 22.9. The number of phenolic OH excluding ortho intramolecular Hbond substituents is 1. The molecule has 0 saturated heterocycles. The second-order valence-electron chi connectivity index (χ2n) is 10.2. The van der Waals surface area contributed by atoms with Crippen LogP contribution in [0, 0.1) is 18.2 Å². The van der Waals surface area contributed by atoms with Gasteiger partial charge in [0.1, 0.15) is 17.6 Å². The molecule has 2 heterocycles. The predicted molar refractivity (Wildman–Crippen MR) is 172 cm³/mol. The Balaban J connectivity index is 1.51. The normalized spacial score (nSPS) is 12.3. The number of nitriles is 1. The van der Waals surface area contributed by atoms with E-state index in [2.05, 4.69) is 11.1 Å². The number of phenols is 1. The van der Waals surface area contributed by atoms with Crippen LogP contribution in [0.3, 0.4) is 0 Å². The fraction of sp³-hybridized carbons (Fsp3) is 0.0263. The van der Waals surface area contributed by atoms with E-state index in [9.17, 15) is 10.4 Å². The number of para-hydroxylation sites is 2. The Kier molecular flexibility index (Phi) is 5.68. The molecule has 0 aliphatic rings. The third-order valence-corrected chi connectivity index (χ3v) is 7.49. The van der Waals surface area contributed by atoms with Crippen molar-refractivity contribution in [3.63, 3.8) is 0 Å². The minimum Gasteiger partial charge on any atom is -0.507 e. The van der Waals surface area contributed by atoms with Gasteiger partial charge in [0.25, 0.3) is 0 Å². The Morgan fingerprint density at radius 1 is 0.721 bits per heavy atom. The highest BCUT2D eigenvalue weighted by Gasteiger charge is 2.21. The Bertz CT molecular complexity index is 2270. The summed E-state index contributed by atoms with van der Waals surface area (Å²) in [5, 5.41) is 21.0. The number of pyridine rings is 1. The lowest BCUT2D eigenvalue weighted by Gasteiger charge is -2.12. The van der Waals surface area contributed by atoms with E-state index in [1.165, 1.54) is 0 Å². The van der Waals surface area contributed by atoms with Crippen molar-refractivity contribution in [2.75, 3.05) is 0 Å². The van der Waals surface area contributed by atoms with Crippen molar-refractivity contribution in [3.8, 4) is 62.4 Å². The Morgan fingerprint density at radius 2 is 1.51 bits per heavy atom. The van der Waals surface area contributed by atoms with Gasteiger partial charge in [-0.15, -0.1) is 0 Å². The average Bonchev–Trinajstić information content (AvgIpc) is 3.48. The first-order chi connectivity index (χ1) is 22.3. The van der Waals surface area contributed by atoms with Crippen LogP contribution in [-0.2, 0) is 0 Å². The Morgan fingerprint density at radius 3 is 2.30 bits per heavy atom. The summed E-state index contributed by atoms with van der Waals surface area (Å²) >= 11 is 0. The molecule has 7 rings (SSSR count). The molecule has 0 aliphatic carbocycles. The van der Waals surface area contributed by atoms with Gasteiger partial charge < -0.3 is 5.11 Å². The third kappa shape index (κ3) is 4.71. The monoisotopic (exact) mass is 557 g/mol. The number of benzene rings is 5. The second-order valence-corrected chi connectivity index (χ2v) is 10.2. The first kappa shape index (κ1) is 22.7. The van der Waals surface area contributed by atoms with Gasteiger partial charge in [-0.05, 0) is 83.7 Å². The molecule has 0 amide bonds. The van der Waals surface area contributed by atoms with Gasteiger partial charge in [-0.3, -0.25) is 9.55 Å². The zero-order valence-electron chi connectivity index (χ0n) is 25.9. The summed E-state index contributed by atoms with van der Waals surface area (Å²) in [5.41, 5.74) is 7.47. The van der Waals surface area contributed by atoms with Crippen LogP contribution in [0.4, 0.5) is 0 Å². The summed E-state index contributed by atoms with van der Waals surface area (Å²) in [7, 11) is 0. The Labute approximate surface area is 253 Å². The van der Waals surface area contributed by atoms with Crippen LogP contribution in [-0.4, -0.2) is 19.6 Å². The van der Waals surface area contributed by atoms with Crippen molar-refractivity contribution in [1.29, 1.82) is 5.26 Å². The molecule has 0 bridgehead atoms. The largest absolute Gasteiger partial charge is 0.507 e. The molecule has 0 saturated carbocycles. The second kappa shape index (κ2) is 10.8. The number of fused-ring (bicyclic) bond motifs is 1. The Hall–Kier alpha value is -5.99. The van der Waals surface area contributed by atoms with E-state index in [0.717, 1.165) is 22.3 Å². The minimum absolute atomic E-state index is 0.0830. The highest BCUT2D eigenvalue weighted by Crippen LogP contribution is 2.39. The van der Waals surface area contributed by atoms with Gasteiger partial charge in [0.15, 0.2) is 0 Å². The number of aromatic nitrogens is 3. The van der Waals surface area contributed by atoms with E-state index in [-0.39, 0.29) is 11.3 Å². The van der Waals surface area contributed by atoms with Gasteiger partial charge in [-0.25, -0.2) is 4.98 Å². The summed E-state index contributed by atoms with van der Waals surface area (Å²) in [6.07, 6.45) is 1.59. The van der Waals surface area contributed by atoms with Crippen LogP contribution in [0.1, 0.15) is 15.2 Å². The molecule has 43 heavy (non-hydrogen) atoms. The fourth-order valence-electron chi connectivity index (χ4n) is 5.52. The highest BCUT2D eigenvalue weighted by atomic mass is 16.3. The maximum Gasteiger partial charge on any atom is 0.149 e. The maximum absolute atomic E-state index is 11.2. The van der Waals surface area contributed by atoms with Crippen molar-refractivity contribution >= 4 is 11.0 Å². The smallest absolute Gasteiger partial charge is 0.149 e. The van der Waals surface area contributed by atoms with Crippen LogP contribution < -0.4 is 0 Å². The molecule has 0 aliphatic heterocycles. The summed E-state index contributed by atoms with van der Waals surface area (Å²) in [4.78, 5) is 9.58. The minimum atomic E-state index is -2.40. The summed E-state index contributed by atoms with van der Waals surface area (Å²) in [6, 6.07) is 41.6. The number of hydrogen-bond acceptors (Lipinski definition) is 4. The quantitative estimate of drug-likeness (QED) is 0.229. The third-order valence-electron chi connectivity index (χ3n) is 7.49. The molecule has 0 radical (unpaired) electrons. The number of aryl methyl sites for hydroxylation is 1. The van der Waals surface area contributed by atoms with Crippen molar-refractivity contribution in [3.05, 3.63) is 145 Å². The van der Waals surface area contributed by atoms with Gasteiger partial charge in [-0.2, -0.15) is 5.26 Å². The van der Waals surface area contributed by atoms with Crippen LogP contribution in [0.2, 0.25) is 0 Å². The highest BCUT2D eigenvalue weighted by molar-refractivity contribution is 5.97. The molecule has 204 valence electrons. The fourth-order valence-corrected chi connectivity index (χ4v) is 5.52. The molecule has 5 nitrogen and oxygen atoms in total. The SMILES string of the molecule is [2H]C([2H])([2H])c1cc(-c2ncccc2C#N)cc(-c2cccc3c2nc(-c2cc(-c4ccccc4)ccc2O)n3-c2ccccc2)c1. The lowest BCUT2D eigenvalue weighted by molar-refractivity contribution is 0.477. The standard InChI is InChI=1S/C38H26N4O/c1-25-20-29(22-30(21-25)36-28(24-39)12-9-19-40-36)32-15-8-16-34-37(32)41-38(42(34)31-13-6-3-7-14-31)33-23-27(17-18-35(33)43)26-10-4-2-5-11-26/h2-23,43H,1H3/i1D3. The molecule has 5 aromatic carbocycles. The number of rotatable bonds is 5. The van der Waals surface area contributed by atoms with Crippen LogP contribution in [0.15, 0.2) is 134 Å². The van der Waals surface area contributed by atoms with E-state index in [4.69, 9.17) is 9.10 Å². The number of imidazole rings is 1. The number of hydrogen-bond donors (Lipinski definition) is 1. The molecular weight excluding hydrogens is 528 g/mol. The van der Waals surface area contributed by atoms with Crippen LogP contribution >= 0.6 is 0 Å². The average molecular weight is 558 g/mol. The molecule has 0 unspecified atom stereocenters. The van der Waals surface area contributed by atoms with Gasteiger partial charge in [0, 0.05) is 27.1 Å². The maximum atomic E-state index is 11.2. The predicted octanol–water partition coefficient (Wildman–Crippen LogP) is 8.97. The summed E-state index contributed by atoms with van der Waals surface area (Å²) in [6.45, 7) is -2.40. The van der Waals surface area contributed by atoms with E-state index in [0.29, 0.717) is 44.9 Å². The number of nitrogens with zero attached hydrogens (tertiary/aromatic N) is 4. The van der Waals surface area contributed by atoms with Crippen molar-refractivity contribution in [2.24, 2.45) is 0 Å². The van der Waals surface area contributed by atoms with Crippen LogP contribution in [0.25, 0.3) is 61.6 Å². The molecule has 5 heteroatoms. The molecule has 0 fully saturated rings. The van der Waals surface area contributed by atoms with Crippen molar-refractivity contribution < 1.29 is 9.22 Å². The molecular formula is C38H26N4O. The zero-order chi connectivity index (χ0) is 31.8. The lowest BCUT2D eigenvalue weighted by Crippen LogP contribution is -1.98. The molecule has 1 N–H and O–H groups in total. The van der Waals surface area contributed by atoms with Crippen LogP contribution in [0.5, 0.6) is 5.75 Å². The first-order valence-corrected chi connectivity index (χ1v) is 13.8. The molecule has 0 atom stereocenters. The van der Waals surface area contributed by atoms with Gasteiger partial charge in [0.2, 0.25) is 0 Å². The topological polar surface area (TPSA) is 74.7 Å². The van der Waals surface area contributed by atoms with E-state index in [1.54, 1.807) is 36.5 Å². The van der Waals surface area contributed by atoms with Gasteiger partial charge in [0.05, 0.1) is 27.9 Å². The molecule has 2 aromatic heterocycles. The molecule has 7 aromatic rings. The van der Waals surface area contributed by atoms with E-state index >= 15 is 0 Å². The summed E-state index contributed by atoms with van der Waals surface area (Å²) in [5.74, 6) is 0.618. The number of aromatic hydroxyl groups is 1. The van der Waals surface area contributed by atoms with Gasteiger partial charge >= 0.3 is 0 Å². The first-order valence-electron chi connectivity index (χ1n) is 15.3. The summed E-state index contributed by atoms with van der Waals surface area (Å²) < 4.78 is 26.7.